The average Bonchev–Trinajstić information content (AvgIpc) is 2.91. The molecule has 2 unspecified atom stereocenters. The van der Waals surface area contributed by atoms with Gasteiger partial charge in [-0.2, -0.15) is 36.5 Å². The fourth-order valence-electron chi connectivity index (χ4n) is 4.17. The molecule has 41 heavy (non-hydrogen) atoms. The van der Waals surface area contributed by atoms with Crippen LogP contribution in [0.4, 0.5) is 17.6 Å². The highest BCUT2D eigenvalue weighted by Crippen LogP contribution is 2.41. The number of hydrogen-bond acceptors (Lipinski definition) is 7. The van der Waals surface area contributed by atoms with E-state index in [1.807, 2.05) is 4.72 Å². The molecule has 2 atom stereocenters. The molecule has 1 aromatic heterocycles. The van der Waals surface area contributed by atoms with Crippen molar-refractivity contribution >= 4 is 21.8 Å². The van der Waals surface area contributed by atoms with Crippen LogP contribution >= 0.6 is 11.6 Å². The normalized spacial score (nSPS) is 19.3. The van der Waals surface area contributed by atoms with Gasteiger partial charge in [0.25, 0.3) is 10.2 Å². The zero-order chi connectivity index (χ0) is 30.0. The Hall–Kier alpha value is -3.72. The van der Waals surface area contributed by atoms with Crippen molar-refractivity contribution in [1.82, 2.24) is 14.9 Å². The molecule has 1 aliphatic rings. The fraction of sp³-hybridized carbons (Fsp3) is 0.231. The number of ether oxygens (including phenoxy) is 3. The molecule has 2 aromatic carbocycles. The Bertz CT molecular complexity index is 1600. The Labute approximate surface area is 237 Å². The standard InChI is InChI=1S/C26H23ClF4N4O5S/c1-38-18-5-3-15(22(10-18)39-2)12-25(28)13-23(20(27)11-24(25)35-41(32,36)37)40-21-6-4-17(26(29,30)31)9-19(21)16-7-8-33-34-14-16/h3-11,13-14,24,35H,12H2,1-2H3,(H2,32,36,37). The Kier molecular flexibility index (Phi) is 8.59. The van der Waals surface area contributed by atoms with E-state index in [2.05, 4.69) is 10.2 Å². The first kappa shape index (κ1) is 30.2. The number of nitrogens with one attached hydrogen (secondary N) is 1. The summed E-state index contributed by atoms with van der Waals surface area (Å²) in [6, 6.07) is 7.16. The predicted molar refractivity (Wildman–Crippen MR) is 142 cm³/mol. The zero-order valence-electron chi connectivity index (χ0n) is 21.4. The van der Waals surface area contributed by atoms with Gasteiger partial charge in [-0.15, -0.1) is 0 Å². The lowest BCUT2D eigenvalue weighted by molar-refractivity contribution is -0.137. The summed E-state index contributed by atoms with van der Waals surface area (Å²) in [6.45, 7) is 0. The maximum atomic E-state index is 16.8. The summed E-state index contributed by atoms with van der Waals surface area (Å²) in [5.74, 6) is 0.301. The largest absolute Gasteiger partial charge is 0.497 e. The van der Waals surface area contributed by atoms with Crippen LogP contribution in [0.15, 0.2) is 77.8 Å². The SMILES string of the molecule is COc1ccc(CC2(F)C=C(Oc3ccc(C(F)(F)F)cc3-c3ccnnc3)C(Cl)=CC2NS(N)(=O)=O)c(OC)c1. The lowest BCUT2D eigenvalue weighted by atomic mass is 9.85. The van der Waals surface area contributed by atoms with Gasteiger partial charge in [-0.3, -0.25) is 0 Å². The molecule has 0 radical (unpaired) electrons. The number of halogens is 5. The van der Waals surface area contributed by atoms with Crippen molar-refractivity contribution in [3.8, 4) is 28.4 Å². The summed E-state index contributed by atoms with van der Waals surface area (Å²) in [5.41, 5.74) is -2.95. The summed E-state index contributed by atoms with van der Waals surface area (Å²) in [4.78, 5) is 0. The number of allylic oxidation sites excluding steroid dienone is 1. The lowest BCUT2D eigenvalue weighted by Crippen LogP contribution is -2.52. The molecule has 0 amide bonds. The number of methoxy groups -OCH3 is 2. The molecular weight excluding hydrogens is 592 g/mol. The predicted octanol–water partition coefficient (Wildman–Crippen LogP) is 4.69. The Morgan fingerprint density at radius 1 is 1.07 bits per heavy atom. The minimum Gasteiger partial charge on any atom is -0.497 e. The van der Waals surface area contributed by atoms with Crippen LogP contribution in [0.25, 0.3) is 11.1 Å². The van der Waals surface area contributed by atoms with Gasteiger partial charge < -0.3 is 14.2 Å². The molecule has 1 aliphatic carbocycles. The van der Waals surface area contributed by atoms with Crippen LogP contribution in [-0.4, -0.2) is 44.5 Å². The Balaban J connectivity index is 1.80. The van der Waals surface area contributed by atoms with Crippen molar-refractivity contribution in [1.29, 1.82) is 0 Å². The molecule has 4 rings (SSSR count). The van der Waals surface area contributed by atoms with Gasteiger partial charge in [0.2, 0.25) is 0 Å². The third kappa shape index (κ3) is 7.14. The van der Waals surface area contributed by atoms with Gasteiger partial charge in [-0.25, -0.2) is 9.53 Å². The summed E-state index contributed by atoms with van der Waals surface area (Å²) >= 11 is 6.37. The van der Waals surface area contributed by atoms with E-state index in [4.69, 9.17) is 31.0 Å². The third-order valence-electron chi connectivity index (χ3n) is 6.11. The second kappa shape index (κ2) is 11.6. The van der Waals surface area contributed by atoms with Crippen molar-refractivity contribution in [3.63, 3.8) is 0 Å². The fourth-order valence-corrected chi connectivity index (χ4v) is 5.01. The first-order chi connectivity index (χ1) is 19.2. The number of nitrogens with two attached hydrogens (primary N) is 1. The summed E-state index contributed by atoms with van der Waals surface area (Å²) in [5, 5.41) is 12.2. The van der Waals surface area contributed by atoms with E-state index in [1.54, 1.807) is 6.07 Å². The lowest BCUT2D eigenvalue weighted by Gasteiger charge is -2.34. The van der Waals surface area contributed by atoms with E-state index in [0.717, 1.165) is 30.4 Å². The molecule has 3 N–H and O–H groups in total. The van der Waals surface area contributed by atoms with E-state index in [1.165, 1.54) is 44.8 Å². The van der Waals surface area contributed by atoms with Gasteiger partial charge in [0.05, 0.1) is 43.3 Å². The molecule has 15 heteroatoms. The summed E-state index contributed by atoms with van der Waals surface area (Å²) in [7, 11) is -1.60. The molecule has 218 valence electrons. The van der Waals surface area contributed by atoms with Crippen molar-refractivity contribution in [2.45, 2.75) is 24.3 Å². The molecule has 0 aliphatic heterocycles. The van der Waals surface area contributed by atoms with E-state index in [0.29, 0.717) is 11.3 Å². The monoisotopic (exact) mass is 614 g/mol. The molecule has 0 spiro atoms. The van der Waals surface area contributed by atoms with E-state index < -0.39 is 40.1 Å². The van der Waals surface area contributed by atoms with Crippen LogP contribution in [0, 0.1) is 0 Å². The summed E-state index contributed by atoms with van der Waals surface area (Å²) in [6.07, 6.45) is -0.604. The van der Waals surface area contributed by atoms with Crippen LogP contribution in [0.1, 0.15) is 11.1 Å². The van der Waals surface area contributed by atoms with Gasteiger partial charge >= 0.3 is 6.18 Å². The van der Waals surface area contributed by atoms with E-state index in [9.17, 15) is 21.6 Å². The number of rotatable bonds is 9. The third-order valence-corrected chi connectivity index (χ3v) is 7.00. The maximum Gasteiger partial charge on any atom is 0.416 e. The number of nitrogens with zero attached hydrogens (tertiary/aromatic N) is 2. The van der Waals surface area contributed by atoms with Crippen molar-refractivity contribution in [2.24, 2.45) is 5.14 Å². The minimum absolute atomic E-state index is 0.0221. The highest BCUT2D eigenvalue weighted by atomic mass is 35.5. The zero-order valence-corrected chi connectivity index (χ0v) is 23.0. The first-order valence-corrected chi connectivity index (χ1v) is 13.6. The van der Waals surface area contributed by atoms with E-state index >= 15 is 4.39 Å². The molecule has 9 nitrogen and oxygen atoms in total. The molecule has 1 heterocycles. The Morgan fingerprint density at radius 2 is 1.83 bits per heavy atom. The van der Waals surface area contributed by atoms with Crippen LogP contribution < -0.4 is 24.1 Å². The molecular formula is C26H23ClF4N4O5S. The minimum atomic E-state index is -4.66. The highest BCUT2D eigenvalue weighted by Gasteiger charge is 2.43. The van der Waals surface area contributed by atoms with Crippen LogP contribution in [0.3, 0.4) is 0 Å². The number of hydrogen-bond donors (Lipinski definition) is 2. The van der Waals surface area contributed by atoms with Crippen LogP contribution in [0.5, 0.6) is 17.2 Å². The molecule has 0 saturated heterocycles. The van der Waals surface area contributed by atoms with Crippen LogP contribution in [-0.2, 0) is 22.8 Å². The number of alkyl halides is 4. The molecule has 3 aromatic rings. The van der Waals surface area contributed by atoms with Crippen LogP contribution in [0.2, 0.25) is 0 Å². The first-order valence-electron chi connectivity index (χ1n) is 11.7. The van der Waals surface area contributed by atoms with Gasteiger partial charge in [0.1, 0.15) is 23.0 Å². The van der Waals surface area contributed by atoms with Crippen molar-refractivity contribution in [3.05, 3.63) is 88.9 Å². The topological polar surface area (TPSA) is 126 Å². The van der Waals surface area contributed by atoms with Gasteiger partial charge in [0.15, 0.2) is 5.67 Å². The van der Waals surface area contributed by atoms with Crippen molar-refractivity contribution in [2.75, 3.05) is 14.2 Å². The second-order valence-electron chi connectivity index (χ2n) is 8.89. The number of benzene rings is 2. The van der Waals surface area contributed by atoms with Gasteiger partial charge in [-0.05, 0) is 48.0 Å². The van der Waals surface area contributed by atoms with Gasteiger partial charge in [0, 0.05) is 23.6 Å². The van der Waals surface area contributed by atoms with Gasteiger partial charge in [-0.1, -0.05) is 17.7 Å². The summed E-state index contributed by atoms with van der Waals surface area (Å²) < 4.78 is 99.4. The quantitative estimate of drug-likeness (QED) is 0.335. The van der Waals surface area contributed by atoms with Crippen molar-refractivity contribution < 1.29 is 40.2 Å². The maximum absolute atomic E-state index is 16.8. The second-order valence-corrected chi connectivity index (χ2v) is 10.6. The van der Waals surface area contributed by atoms with E-state index in [-0.39, 0.29) is 33.4 Å². The average molecular weight is 615 g/mol. The number of aromatic nitrogens is 2. The molecule has 0 fully saturated rings. The molecule has 0 bridgehead atoms. The highest BCUT2D eigenvalue weighted by molar-refractivity contribution is 7.87. The Morgan fingerprint density at radius 3 is 2.44 bits per heavy atom. The molecule has 0 saturated carbocycles. The smallest absolute Gasteiger partial charge is 0.416 e.